The fourth-order valence-electron chi connectivity index (χ4n) is 1.91. The van der Waals surface area contributed by atoms with Crippen molar-refractivity contribution in [1.29, 1.82) is 0 Å². The molecule has 0 fully saturated rings. The second kappa shape index (κ2) is 8.51. The Morgan fingerprint density at radius 2 is 1.69 bits per heavy atom. The van der Waals surface area contributed by atoms with E-state index in [-0.39, 0.29) is 34.8 Å². The Morgan fingerprint density at radius 3 is 2.27 bits per heavy atom. The molecule has 0 bridgehead atoms. The average Bonchev–Trinajstić information content (AvgIpc) is 2.56. The molecule has 2 rings (SSSR count). The van der Waals surface area contributed by atoms with Gasteiger partial charge in [-0.15, -0.1) is 0 Å². The van der Waals surface area contributed by atoms with Crippen molar-refractivity contribution >= 4 is 29.2 Å². The van der Waals surface area contributed by atoms with Crippen LogP contribution in [-0.2, 0) is 15.7 Å². The van der Waals surface area contributed by atoms with Gasteiger partial charge in [-0.2, -0.15) is 13.2 Å². The number of alkyl halides is 3. The first-order valence-corrected chi connectivity index (χ1v) is 8.09. The van der Waals surface area contributed by atoms with E-state index in [1.54, 1.807) is 19.1 Å². The second-order valence-electron chi connectivity index (χ2n) is 4.94. The van der Waals surface area contributed by atoms with E-state index in [9.17, 15) is 18.0 Å². The number of halogens is 5. The van der Waals surface area contributed by atoms with E-state index in [0.29, 0.717) is 5.75 Å². The van der Waals surface area contributed by atoms with Crippen LogP contribution in [0.1, 0.15) is 12.5 Å². The molecule has 0 unspecified atom stereocenters. The third-order valence-corrected chi connectivity index (χ3v) is 3.57. The van der Waals surface area contributed by atoms with Crippen molar-refractivity contribution < 1.29 is 32.2 Å². The lowest BCUT2D eigenvalue weighted by atomic mass is 10.2. The SMILES string of the molecule is CCOC(=O)COc1cccc(Oc2c(Cl)cc(C(F)(F)F)cc2Cl)c1. The van der Waals surface area contributed by atoms with Gasteiger partial charge in [-0.25, -0.2) is 4.79 Å². The van der Waals surface area contributed by atoms with E-state index in [1.807, 2.05) is 0 Å². The van der Waals surface area contributed by atoms with Crippen LogP contribution in [0.5, 0.6) is 17.2 Å². The Bertz CT molecular complexity index is 771. The van der Waals surface area contributed by atoms with E-state index >= 15 is 0 Å². The van der Waals surface area contributed by atoms with E-state index in [0.717, 1.165) is 12.1 Å². The molecule has 2 aromatic rings. The van der Waals surface area contributed by atoms with Gasteiger partial charge in [-0.1, -0.05) is 29.3 Å². The van der Waals surface area contributed by atoms with Crippen molar-refractivity contribution in [2.45, 2.75) is 13.1 Å². The maximum absolute atomic E-state index is 12.8. The van der Waals surface area contributed by atoms with Gasteiger partial charge in [0.05, 0.1) is 22.2 Å². The van der Waals surface area contributed by atoms with Crippen LogP contribution in [-0.4, -0.2) is 19.2 Å². The minimum Gasteiger partial charge on any atom is -0.482 e. The van der Waals surface area contributed by atoms with Crippen LogP contribution < -0.4 is 9.47 Å². The third kappa shape index (κ3) is 5.44. The van der Waals surface area contributed by atoms with E-state index < -0.39 is 17.7 Å². The topological polar surface area (TPSA) is 44.8 Å². The van der Waals surface area contributed by atoms with Crippen LogP contribution in [0.2, 0.25) is 10.0 Å². The number of benzene rings is 2. The van der Waals surface area contributed by atoms with Gasteiger partial charge in [0.1, 0.15) is 11.5 Å². The Labute approximate surface area is 157 Å². The van der Waals surface area contributed by atoms with Crippen LogP contribution >= 0.6 is 23.2 Å². The van der Waals surface area contributed by atoms with Crippen LogP contribution in [0.15, 0.2) is 36.4 Å². The highest BCUT2D eigenvalue weighted by atomic mass is 35.5. The van der Waals surface area contributed by atoms with Gasteiger partial charge in [0.25, 0.3) is 0 Å². The van der Waals surface area contributed by atoms with Crippen molar-refractivity contribution in [3.63, 3.8) is 0 Å². The minimum atomic E-state index is -4.58. The van der Waals surface area contributed by atoms with E-state index in [1.165, 1.54) is 12.1 Å². The molecule has 2 aromatic carbocycles. The molecule has 0 aliphatic heterocycles. The molecule has 0 amide bonds. The van der Waals surface area contributed by atoms with Crippen molar-refractivity contribution in [3.8, 4) is 17.2 Å². The van der Waals surface area contributed by atoms with Crippen molar-refractivity contribution in [3.05, 3.63) is 52.0 Å². The summed E-state index contributed by atoms with van der Waals surface area (Å²) in [7, 11) is 0. The summed E-state index contributed by atoms with van der Waals surface area (Å²) in [5.41, 5.74) is -0.980. The minimum absolute atomic E-state index is 0.121. The number of carbonyl (C=O) groups is 1. The molecule has 140 valence electrons. The van der Waals surface area contributed by atoms with Gasteiger partial charge in [0.2, 0.25) is 0 Å². The largest absolute Gasteiger partial charge is 0.482 e. The number of hydrogen-bond donors (Lipinski definition) is 0. The van der Waals surface area contributed by atoms with Crippen molar-refractivity contribution in [2.75, 3.05) is 13.2 Å². The van der Waals surface area contributed by atoms with Gasteiger partial charge in [0.15, 0.2) is 12.4 Å². The van der Waals surface area contributed by atoms with Crippen LogP contribution in [0, 0.1) is 0 Å². The van der Waals surface area contributed by atoms with Gasteiger partial charge in [0, 0.05) is 6.07 Å². The monoisotopic (exact) mass is 408 g/mol. The summed E-state index contributed by atoms with van der Waals surface area (Å²) in [6, 6.07) is 7.56. The van der Waals surface area contributed by atoms with Gasteiger partial charge < -0.3 is 14.2 Å². The average molecular weight is 409 g/mol. The highest BCUT2D eigenvalue weighted by molar-refractivity contribution is 6.37. The number of esters is 1. The van der Waals surface area contributed by atoms with E-state index in [2.05, 4.69) is 0 Å². The van der Waals surface area contributed by atoms with Crippen molar-refractivity contribution in [1.82, 2.24) is 0 Å². The Balaban J connectivity index is 2.16. The smallest absolute Gasteiger partial charge is 0.416 e. The van der Waals surface area contributed by atoms with Gasteiger partial charge in [-0.3, -0.25) is 0 Å². The van der Waals surface area contributed by atoms with Gasteiger partial charge >= 0.3 is 12.1 Å². The molecule has 0 spiro atoms. The molecule has 0 N–H and O–H groups in total. The van der Waals surface area contributed by atoms with E-state index in [4.69, 9.17) is 37.4 Å². The summed E-state index contributed by atoms with van der Waals surface area (Å²) < 4.78 is 53.7. The predicted octanol–water partition coefficient (Wildman–Crippen LogP) is 5.75. The zero-order chi connectivity index (χ0) is 19.3. The summed E-state index contributed by atoms with van der Waals surface area (Å²) in [4.78, 5) is 11.3. The zero-order valence-corrected chi connectivity index (χ0v) is 14.9. The van der Waals surface area contributed by atoms with Crippen LogP contribution in [0.4, 0.5) is 13.2 Å². The zero-order valence-electron chi connectivity index (χ0n) is 13.4. The number of carbonyl (C=O) groups excluding carboxylic acids is 1. The molecular formula is C17H13Cl2F3O4. The molecule has 26 heavy (non-hydrogen) atoms. The molecule has 0 heterocycles. The highest BCUT2D eigenvalue weighted by Gasteiger charge is 2.32. The Kier molecular flexibility index (Phi) is 6.61. The summed E-state index contributed by atoms with van der Waals surface area (Å²) in [5, 5.41) is -0.578. The molecule has 0 saturated heterocycles. The lowest BCUT2D eigenvalue weighted by Crippen LogP contribution is -2.14. The third-order valence-electron chi connectivity index (χ3n) is 3.01. The Hall–Kier alpha value is -2.12. The molecular weight excluding hydrogens is 396 g/mol. The van der Waals surface area contributed by atoms with Crippen molar-refractivity contribution in [2.24, 2.45) is 0 Å². The van der Waals surface area contributed by atoms with Gasteiger partial charge in [-0.05, 0) is 31.2 Å². The number of ether oxygens (including phenoxy) is 3. The summed E-state index contributed by atoms with van der Waals surface area (Å²) in [5.74, 6) is -0.138. The molecule has 0 aromatic heterocycles. The first-order chi connectivity index (χ1) is 12.2. The quantitative estimate of drug-likeness (QED) is 0.571. The first kappa shape index (κ1) is 20.2. The summed E-state index contributed by atoms with van der Waals surface area (Å²) in [6.07, 6.45) is -4.58. The lowest BCUT2D eigenvalue weighted by Gasteiger charge is -2.14. The summed E-state index contributed by atoms with van der Waals surface area (Å²) in [6.45, 7) is 1.61. The molecule has 0 aliphatic rings. The molecule has 0 atom stereocenters. The highest BCUT2D eigenvalue weighted by Crippen LogP contribution is 2.41. The first-order valence-electron chi connectivity index (χ1n) is 7.33. The molecule has 0 aliphatic carbocycles. The molecule has 9 heteroatoms. The molecule has 0 radical (unpaired) electrons. The van der Waals surface area contributed by atoms with Crippen LogP contribution in [0.3, 0.4) is 0 Å². The maximum atomic E-state index is 12.8. The normalized spacial score (nSPS) is 11.2. The standard InChI is InChI=1S/C17H13Cl2F3O4/c1-2-24-15(23)9-25-11-4-3-5-12(8-11)26-16-13(18)6-10(7-14(16)19)17(20,21)22/h3-8H,2,9H2,1H3. The number of hydrogen-bond acceptors (Lipinski definition) is 4. The molecule has 4 nitrogen and oxygen atoms in total. The fourth-order valence-corrected chi connectivity index (χ4v) is 2.48. The second-order valence-corrected chi connectivity index (χ2v) is 5.75. The maximum Gasteiger partial charge on any atom is 0.416 e. The Morgan fingerprint density at radius 1 is 1.08 bits per heavy atom. The predicted molar refractivity (Wildman–Crippen MR) is 90.1 cm³/mol. The molecule has 0 saturated carbocycles. The lowest BCUT2D eigenvalue weighted by molar-refractivity contribution is -0.145. The van der Waals surface area contributed by atoms with Crippen LogP contribution in [0.25, 0.3) is 0 Å². The fraction of sp³-hybridized carbons (Fsp3) is 0.235. The number of rotatable bonds is 6. The summed E-state index contributed by atoms with van der Waals surface area (Å²) >= 11 is 11.7.